The van der Waals surface area contributed by atoms with Gasteiger partial charge in [-0.2, -0.15) is 5.10 Å². The van der Waals surface area contributed by atoms with Gasteiger partial charge in [0, 0.05) is 7.05 Å². The van der Waals surface area contributed by atoms with Crippen molar-refractivity contribution < 1.29 is 9.53 Å². The number of anilines is 1. The van der Waals surface area contributed by atoms with Gasteiger partial charge in [-0.15, -0.1) is 0 Å². The molecule has 0 bridgehead atoms. The first-order chi connectivity index (χ1) is 7.20. The van der Waals surface area contributed by atoms with Crippen LogP contribution in [-0.4, -0.2) is 22.2 Å². The Morgan fingerprint density at radius 1 is 1.67 bits per heavy atom. The second-order valence-electron chi connectivity index (χ2n) is 3.46. The van der Waals surface area contributed by atoms with Gasteiger partial charge in [-0.25, -0.2) is 0 Å². The second kappa shape index (κ2) is 3.76. The Labute approximate surface area is 87.5 Å². The number of hydrogen-bond donors (Lipinski definition) is 1. The standard InChI is InChI=1S/C10H13N3O2/c1-13-10(11)7(6-12-13)9(14)8-4-2-3-5-15-8/h4,6H,2-3,5,11H2,1H3. The van der Waals surface area contributed by atoms with Crippen molar-refractivity contribution >= 4 is 11.6 Å². The third-order valence-electron chi connectivity index (χ3n) is 2.39. The lowest BCUT2D eigenvalue weighted by Crippen LogP contribution is -2.12. The van der Waals surface area contributed by atoms with Gasteiger partial charge >= 0.3 is 0 Å². The number of ether oxygens (including phenoxy) is 1. The minimum absolute atomic E-state index is 0.180. The molecule has 15 heavy (non-hydrogen) atoms. The van der Waals surface area contributed by atoms with E-state index in [2.05, 4.69) is 5.10 Å². The highest BCUT2D eigenvalue weighted by Gasteiger charge is 2.20. The number of rotatable bonds is 2. The Hall–Kier alpha value is -1.78. The van der Waals surface area contributed by atoms with Gasteiger partial charge in [0.25, 0.3) is 0 Å². The van der Waals surface area contributed by atoms with Crippen molar-refractivity contribution in [3.63, 3.8) is 0 Å². The van der Waals surface area contributed by atoms with Crippen molar-refractivity contribution in [3.05, 3.63) is 23.6 Å². The predicted molar refractivity (Wildman–Crippen MR) is 55.2 cm³/mol. The molecular weight excluding hydrogens is 194 g/mol. The van der Waals surface area contributed by atoms with Crippen LogP contribution < -0.4 is 5.73 Å². The fourth-order valence-corrected chi connectivity index (χ4v) is 1.47. The summed E-state index contributed by atoms with van der Waals surface area (Å²) in [5, 5.41) is 3.92. The SMILES string of the molecule is Cn1ncc(C(=O)C2=CCCCO2)c1N. The first-order valence-electron chi connectivity index (χ1n) is 4.85. The molecule has 5 heteroatoms. The fourth-order valence-electron chi connectivity index (χ4n) is 1.47. The summed E-state index contributed by atoms with van der Waals surface area (Å²) in [5.41, 5.74) is 6.12. The van der Waals surface area contributed by atoms with Crippen LogP contribution in [0, 0.1) is 0 Å². The number of carbonyl (C=O) groups excluding carboxylic acids is 1. The smallest absolute Gasteiger partial charge is 0.232 e. The molecule has 0 atom stereocenters. The van der Waals surface area contributed by atoms with Crippen LogP contribution in [0.1, 0.15) is 23.2 Å². The third-order valence-corrected chi connectivity index (χ3v) is 2.39. The zero-order chi connectivity index (χ0) is 10.8. The number of aryl methyl sites for hydroxylation is 1. The highest BCUT2D eigenvalue weighted by Crippen LogP contribution is 2.19. The number of Topliss-reactive ketones (excluding diaryl/α,β-unsaturated/α-hetero) is 1. The lowest BCUT2D eigenvalue weighted by molar-refractivity contribution is 0.0900. The predicted octanol–water partition coefficient (Wildman–Crippen LogP) is 0.879. The van der Waals surface area contributed by atoms with E-state index in [1.54, 1.807) is 13.1 Å². The minimum Gasteiger partial charge on any atom is -0.490 e. The van der Waals surface area contributed by atoms with E-state index in [1.165, 1.54) is 10.9 Å². The van der Waals surface area contributed by atoms with Gasteiger partial charge in [0.05, 0.1) is 18.4 Å². The molecule has 0 spiro atoms. The van der Waals surface area contributed by atoms with Crippen LogP contribution >= 0.6 is 0 Å². The van der Waals surface area contributed by atoms with Crippen molar-refractivity contribution in [1.82, 2.24) is 9.78 Å². The lowest BCUT2D eigenvalue weighted by atomic mass is 10.1. The van der Waals surface area contributed by atoms with Gasteiger partial charge in [-0.3, -0.25) is 9.48 Å². The molecule has 0 amide bonds. The van der Waals surface area contributed by atoms with Crippen LogP contribution in [0.4, 0.5) is 5.82 Å². The molecule has 5 nitrogen and oxygen atoms in total. The molecule has 0 aromatic carbocycles. The molecule has 0 fully saturated rings. The second-order valence-corrected chi connectivity index (χ2v) is 3.46. The molecule has 0 aliphatic carbocycles. The maximum atomic E-state index is 11.9. The van der Waals surface area contributed by atoms with Gasteiger partial charge in [0.1, 0.15) is 5.82 Å². The first kappa shape index (κ1) is 9.76. The summed E-state index contributed by atoms with van der Waals surface area (Å²) < 4.78 is 6.75. The number of nitrogens with two attached hydrogens (primary N) is 1. The van der Waals surface area contributed by atoms with Gasteiger partial charge < -0.3 is 10.5 Å². The highest BCUT2D eigenvalue weighted by atomic mass is 16.5. The van der Waals surface area contributed by atoms with Gasteiger partial charge in [0.15, 0.2) is 5.76 Å². The van der Waals surface area contributed by atoms with E-state index in [0.29, 0.717) is 23.7 Å². The number of aromatic nitrogens is 2. The van der Waals surface area contributed by atoms with E-state index in [-0.39, 0.29) is 5.78 Å². The van der Waals surface area contributed by atoms with Crippen LogP contribution in [-0.2, 0) is 11.8 Å². The molecule has 2 N–H and O–H groups in total. The number of nitrogen functional groups attached to an aromatic ring is 1. The Morgan fingerprint density at radius 3 is 3.00 bits per heavy atom. The molecule has 0 saturated carbocycles. The van der Waals surface area contributed by atoms with Crippen molar-refractivity contribution in [1.29, 1.82) is 0 Å². The van der Waals surface area contributed by atoms with Crippen LogP contribution in [0.3, 0.4) is 0 Å². The first-order valence-corrected chi connectivity index (χ1v) is 4.85. The molecule has 2 rings (SSSR count). The summed E-state index contributed by atoms with van der Waals surface area (Å²) in [4.78, 5) is 11.9. The lowest BCUT2D eigenvalue weighted by Gasteiger charge is -2.13. The molecule has 0 radical (unpaired) electrons. The summed E-state index contributed by atoms with van der Waals surface area (Å²) in [5.74, 6) is 0.580. The Morgan fingerprint density at radius 2 is 2.47 bits per heavy atom. The molecular formula is C10H13N3O2. The molecule has 0 saturated heterocycles. The monoisotopic (exact) mass is 207 g/mol. The van der Waals surface area contributed by atoms with E-state index >= 15 is 0 Å². The Bertz CT molecular complexity index is 420. The summed E-state index contributed by atoms with van der Waals surface area (Å²) in [7, 11) is 1.70. The van der Waals surface area contributed by atoms with Crippen LogP contribution in [0.25, 0.3) is 0 Å². The van der Waals surface area contributed by atoms with Crippen LogP contribution in [0.5, 0.6) is 0 Å². The van der Waals surface area contributed by atoms with E-state index in [1.807, 2.05) is 0 Å². The quantitative estimate of drug-likeness (QED) is 0.731. The van der Waals surface area contributed by atoms with Crippen molar-refractivity contribution in [2.24, 2.45) is 7.05 Å². The van der Waals surface area contributed by atoms with Crippen LogP contribution in [0.2, 0.25) is 0 Å². The Kier molecular flexibility index (Phi) is 2.45. The number of allylic oxidation sites excluding steroid dienone is 2. The molecule has 80 valence electrons. The van der Waals surface area contributed by atoms with E-state index in [9.17, 15) is 4.79 Å². The summed E-state index contributed by atoms with van der Waals surface area (Å²) in [6.45, 7) is 0.595. The van der Waals surface area contributed by atoms with Crippen molar-refractivity contribution in [2.45, 2.75) is 12.8 Å². The maximum Gasteiger partial charge on any atom is 0.232 e. The van der Waals surface area contributed by atoms with Gasteiger partial charge in [-0.05, 0) is 18.9 Å². The number of carbonyl (C=O) groups is 1. The molecule has 1 aromatic heterocycles. The normalized spacial score (nSPS) is 15.7. The number of hydrogen-bond acceptors (Lipinski definition) is 4. The largest absolute Gasteiger partial charge is 0.490 e. The van der Waals surface area contributed by atoms with Crippen molar-refractivity contribution in [3.8, 4) is 0 Å². The zero-order valence-corrected chi connectivity index (χ0v) is 8.56. The highest BCUT2D eigenvalue weighted by molar-refractivity contribution is 6.10. The van der Waals surface area contributed by atoms with E-state index in [0.717, 1.165) is 12.8 Å². The zero-order valence-electron chi connectivity index (χ0n) is 8.56. The summed E-state index contributed by atoms with van der Waals surface area (Å²) in [6.07, 6.45) is 5.11. The van der Waals surface area contributed by atoms with Gasteiger partial charge in [0.2, 0.25) is 5.78 Å². The Balaban J connectivity index is 2.28. The van der Waals surface area contributed by atoms with Crippen molar-refractivity contribution in [2.75, 3.05) is 12.3 Å². The van der Waals surface area contributed by atoms with Crippen LogP contribution in [0.15, 0.2) is 18.0 Å². The molecule has 1 aliphatic rings. The fraction of sp³-hybridized carbons (Fsp3) is 0.400. The number of nitrogens with zero attached hydrogens (tertiary/aromatic N) is 2. The topological polar surface area (TPSA) is 70.1 Å². The van der Waals surface area contributed by atoms with E-state index < -0.39 is 0 Å². The van der Waals surface area contributed by atoms with Gasteiger partial charge in [-0.1, -0.05) is 0 Å². The molecule has 0 unspecified atom stereocenters. The third kappa shape index (κ3) is 1.72. The molecule has 1 aromatic rings. The van der Waals surface area contributed by atoms with E-state index in [4.69, 9.17) is 10.5 Å². The summed E-state index contributed by atoms with van der Waals surface area (Å²) >= 11 is 0. The number of ketones is 1. The summed E-state index contributed by atoms with van der Waals surface area (Å²) in [6, 6.07) is 0. The average molecular weight is 207 g/mol. The molecule has 2 heterocycles. The maximum absolute atomic E-state index is 11.9. The minimum atomic E-state index is -0.180. The average Bonchev–Trinajstić information content (AvgIpc) is 2.60. The molecule has 1 aliphatic heterocycles.